The zero-order chi connectivity index (χ0) is 14.1. The lowest BCUT2D eigenvalue weighted by molar-refractivity contribution is -0.120. The second kappa shape index (κ2) is 5.60. The Morgan fingerprint density at radius 1 is 1.50 bits per heavy atom. The van der Waals surface area contributed by atoms with Gasteiger partial charge in [-0.2, -0.15) is 0 Å². The number of hydrogen-bond donors (Lipinski definition) is 1. The Morgan fingerprint density at radius 2 is 2.25 bits per heavy atom. The molecule has 1 aromatic rings. The van der Waals surface area contributed by atoms with E-state index in [2.05, 4.69) is 26.7 Å². The van der Waals surface area contributed by atoms with Crippen molar-refractivity contribution < 1.29 is 4.79 Å². The molecule has 5 nitrogen and oxygen atoms in total. The van der Waals surface area contributed by atoms with Crippen molar-refractivity contribution in [3.8, 4) is 0 Å². The van der Waals surface area contributed by atoms with Crippen LogP contribution >= 0.6 is 11.8 Å². The standard InChI is InChI=1S/C14H20N4OS/c1-3-8-15-13(19)9(2)20-14-17-16-12(10-4-5-10)18(14)11-6-7-11/h3,9-11H,1,4-8H2,2H3,(H,15,19)/t9-/m0/s1. The Hall–Kier alpha value is -1.30. The smallest absolute Gasteiger partial charge is 0.233 e. The van der Waals surface area contributed by atoms with Crippen LogP contribution in [0.5, 0.6) is 0 Å². The fourth-order valence-electron chi connectivity index (χ4n) is 2.19. The van der Waals surface area contributed by atoms with Gasteiger partial charge in [0, 0.05) is 18.5 Å². The highest BCUT2D eigenvalue weighted by atomic mass is 32.2. The van der Waals surface area contributed by atoms with E-state index in [1.54, 1.807) is 6.08 Å². The van der Waals surface area contributed by atoms with Gasteiger partial charge in [-0.3, -0.25) is 4.79 Å². The van der Waals surface area contributed by atoms with E-state index < -0.39 is 0 Å². The van der Waals surface area contributed by atoms with Crippen LogP contribution in [-0.2, 0) is 4.79 Å². The maximum atomic E-state index is 11.9. The van der Waals surface area contributed by atoms with E-state index in [0.717, 1.165) is 11.0 Å². The van der Waals surface area contributed by atoms with E-state index in [-0.39, 0.29) is 11.2 Å². The molecule has 2 aliphatic rings. The first-order chi connectivity index (χ1) is 9.70. The predicted molar refractivity (Wildman–Crippen MR) is 78.8 cm³/mol. The normalized spacial score (nSPS) is 19.6. The fraction of sp³-hybridized carbons (Fsp3) is 0.643. The molecule has 0 saturated heterocycles. The number of rotatable bonds is 7. The molecule has 0 aliphatic heterocycles. The highest BCUT2D eigenvalue weighted by molar-refractivity contribution is 8.00. The van der Waals surface area contributed by atoms with Crippen molar-refractivity contribution in [3.63, 3.8) is 0 Å². The summed E-state index contributed by atoms with van der Waals surface area (Å²) in [6.07, 6.45) is 6.56. The van der Waals surface area contributed by atoms with Crippen LogP contribution in [0.25, 0.3) is 0 Å². The molecule has 1 heterocycles. The number of hydrogen-bond acceptors (Lipinski definition) is 4. The minimum Gasteiger partial charge on any atom is -0.352 e. The second-order valence-electron chi connectivity index (χ2n) is 5.51. The molecule has 20 heavy (non-hydrogen) atoms. The van der Waals surface area contributed by atoms with Gasteiger partial charge in [-0.05, 0) is 32.6 Å². The van der Waals surface area contributed by atoms with Gasteiger partial charge in [0.15, 0.2) is 5.16 Å². The van der Waals surface area contributed by atoms with Crippen LogP contribution in [-0.4, -0.2) is 32.5 Å². The number of carbonyl (C=O) groups excluding carboxylic acids is 1. The third kappa shape index (κ3) is 2.90. The van der Waals surface area contributed by atoms with Crippen LogP contribution in [0, 0.1) is 0 Å². The second-order valence-corrected chi connectivity index (χ2v) is 6.82. The van der Waals surface area contributed by atoms with Gasteiger partial charge in [0.05, 0.1) is 5.25 Å². The van der Waals surface area contributed by atoms with Gasteiger partial charge in [0.2, 0.25) is 5.91 Å². The number of nitrogens with one attached hydrogen (secondary N) is 1. The molecule has 2 fully saturated rings. The van der Waals surface area contributed by atoms with Crippen LogP contribution < -0.4 is 5.32 Å². The minimum absolute atomic E-state index is 0.0215. The summed E-state index contributed by atoms with van der Waals surface area (Å²) in [6, 6.07) is 0.562. The van der Waals surface area contributed by atoms with Crippen LogP contribution in [0.15, 0.2) is 17.8 Å². The summed E-state index contributed by atoms with van der Waals surface area (Å²) in [4.78, 5) is 11.9. The molecule has 6 heteroatoms. The van der Waals surface area contributed by atoms with Crippen molar-refractivity contribution in [1.82, 2.24) is 20.1 Å². The Labute approximate surface area is 123 Å². The van der Waals surface area contributed by atoms with Crippen molar-refractivity contribution in [2.45, 2.75) is 55.0 Å². The lowest BCUT2D eigenvalue weighted by atomic mass is 10.4. The van der Waals surface area contributed by atoms with Crippen LogP contribution in [0.2, 0.25) is 0 Å². The van der Waals surface area contributed by atoms with Gasteiger partial charge in [-0.25, -0.2) is 0 Å². The fourth-order valence-corrected chi connectivity index (χ4v) is 3.14. The van der Waals surface area contributed by atoms with Crippen molar-refractivity contribution in [2.75, 3.05) is 6.54 Å². The van der Waals surface area contributed by atoms with Crippen molar-refractivity contribution in [1.29, 1.82) is 0 Å². The Morgan fingerprint density at radius 3 is 2.85 bits per heavy atom. The van der Waals surface area contributed by atoms with Gasteiger partial charge < -0.3 is 9.88 Å². The zero-order valence-corrected chi connectivity index (χ0v) is 12.5. The maximum absolute atomic E-state index is 11.9. The summed E-state index contributed by atoms with van der Waals surface area (Å²) < 4.78 is 2.28. The average Bonchev–Trinajstić information content (AvgIpc) is 3.35. The molecule has 0 aromatic carbocycles. The molecule has 2 aliphatic carbocycles. The number of carbonyl (C=O) groups is 1. The highest BCUT2D eigenvalue weighted by Gasteiger charge is 2.36. The van der Waals surface area contributed by atoms with E-state index in [0.29, 0.717) is 18.5 Å². The zero-order valence-electron chi connectivity index (χ0n) is 11.7. The Balaban J connectivity index is 1.70. The first-order valence-corrected chi connectivity index (χ1v) is 8.08. The minimum atomic E-state index is -0.163. The van der Waals surface area contributed by atoms with Crippen LogP contribution in [0.1, 0.15) is 50.4 Å². The van der Waals surface area contributed by atoms with E-state index >= 15 is 0 Å². The third-order valence-corrected chi connectivity index (χ3v) is 4.67. The first-order valence-electron chi connectivity index (χ1n) is 7.20. The quantitative estimate of drug-likeness (QED) is 0.618. The number of amides is 1. The largest absolute Gasteiger partial charge is 0.352 e. The summed E-state index contributed by atoms with van der Waals surface area (Å²) >= 11 is 1.51. The summed E-state index contributed by atoms with van der Waals surface area (Å²) in [7, 11) is 0. The molecule has 1 N–H and O–H groups in total. The number of nitrogens with zero attached hydrogens (tertiary/aromatic N) is 3. The van der Waals surface area contributed by atoms with Gasteiger partial charge in [0.25, 0.3) is 0 Å². The number of thioether (sulfide) groups is 1. The van der Waals surface area contributed by atoms with E-state index in [9.17, 15) is 4.79 Å². The van der Waals surface area contributed by atoms with Crippen LogP contribution in [0.3, 0.4) is 0 Å². The molecule has 0 unspecified atom stereocenters. The molecular weight excluding hydrogens is 272 g/mol. The highest BCUT2D eigenvalue weighted by Crippen LogP contribution is 2.46. The lowest BCUT2D eigenvalue weighted by Gasteiger charge is -2.12. The van der Waals surface area contributed by atoms with Gasteiger partial charge in [-0.15, -0.1) is 16.8 Å². The van der Waals surface area contributed by atoms with Gasteiger partial charge in [-0.1, -0.05) is 17.8 Å². The summed E-state index contributed by atoms with van der Waals surface area (Å²) in [5.41, 5.74) is 0. The molecule has 3 rings (SSSR count). The van der Waals surface area contributed by atoms with Gasteiger partial charge >= 0.3 is 0 Å². The molecule has 1 aromatic heterocycles. The SMILES string of the molecule is C=CCNC(=O)[C@H](C)Sc1nnc(C2CC2)n1C1CC1. The van der Waals surface area contributed by atoms with Crippen LogP contribution in [0.4, 0.5) is 0 Å². The summed E-state index contributed by atoms with van der Waals surface area (Å²) in [5.74, 6) is 1.75. The molecule has 1 atom stereocenters. The van der Waals surface area contributed by atoms with E-state index in [1.165, 1.54) is 37.4 Å². The average molecular weight is 292 g/mol. The molecule has 108 valence electrons. The molecular formula is C14H20N4OS. The van der Waals surface area contributed by atoms with E-state index in [4.69, 9.17) is 0 Å². The van der Waals surface area contributed by atoms with Crippen molar-refractivity contribution in [2.24, 2.45) is 0 Å². The van der Waals surface area contributed by atoms with Crippen molar-refractivity contribution in [3.05, 3.63) is 18.5 Å². The van der Waals surface area contributed by atoms with Gasteiger partial charge in [0.1, 0.15) is 5.82 Å². The molecule has 0 radical (unpaired) electrons. The number of aromatic nitrogens is 3. The van der Waals surface area contributed by atoms with E-state index in [1.807, 2.05) is 6.92 Å². The monoisotopic (exact) mass is 292 g/mol. The lowest BCUT2D eigenvalue weighted by Crippen LogP contribution is -2.31. The third-order valence-electron chi connectivity index (χ3n) is 3.62. The molecule has 2 saturated carbocycles. The first kappa shape index (κ1) is 13.7. The Bertz CT molecular complexity index is 519. The predicted octanol–water partition coefficient (Wildman–Crippen LogP) is 2.27. The molecule has 1 amide bonds. The van der Waals surface area contributed by atoms with Crippen molar-refractivity contribution >= 4 is 17.7 Å². The summed E-state index contributed by atoms with van der Waals surface area (Å²) in [5, 5.41) is 12.2. The molecule has 0 spiro atoms. The summed E-state index contributed by atoms with van der Waals surface area (Å²) in [6.45, 7) is 6.02. The topological polar surface area (TPSA) is 59.8 Å². The molecule has 0 bridgehead atoms. The Kier molecular flexibility index (Phi) is 3.83. The maximum Gasteiger partial charge on any atom is 0.233 e.